The highest BCUT2D eigenvalue weighted by molar-refractivity contribution is 9.10. The molecular formula is C19H16BrN5O3. The van der Waals surface area contributed by atoms with Gasteiger partial charge < -0.3 is 9.88 Å². The number of benzene rings is 2. The van der Waals surface area contributed by atoms with E-state index in [2.05, 4.69) is 26.2 Å². The summed E-state index contributed by atoms with van der Waals surface area (Å²) < 4.78 is 4.03. The summed E-state index contributed by atoms with van der Waals surface area (Å²) in [6.07, 6.45) is 0. The van der Waals surface area contributed by atoms with Gasteiger partial charge in [-0.2, -0.15) is 0 Å². The highest BCUT2D eigenvalue weighted by atomic mass is 79.9. The van der Waals surface area contributed by atoms with E-state index in [4.69, 9.17) is 0 Å². The molecule has 0 radical (unpaired) electrons. The fraction of sp³-hybridized carbons (Fsp3) is 0.158. The van der Waals surface area contributed by atoms with E-state index in [0.29, 0.717) is 10.4 Å². The molecule has 9 heteroatoms. The Balaban J connectivity index is 1.74. The lowest BCUT2D eigenvalue weighted by Crippen LogP contribution is -2.37. The number of anilines is 1. The van der Waals surface area contributed by atoms with Gasteiger partial charge in [0.15, 0.2) is 15.9 Å². The summed E-state index contributed by atoms with van der Waals surface area (Å²) in [7, 11) is 2.93. The summed E-state index contributed by atoms with van der Waals surface area (Å²) in [6, 6.07) is 13.4. The molecule has 0 aliphatic rings. The summed E-state index contributed by atoms with van der Waals surface area (Å²) in [5, 5.41) is 4.82. The van der Waals surface area contributed by atoms with Crippen molar-refractivity contribution in [3.8, 4) is 0 Å². The molecular weight excluding hydrogens is 426 g/mol. The summed E-state index contributed by atoms with van der Waals surface area (Å²) in [5.41, 5.74) is 0.107. The van der Waals surface area contributed by atoms with Crippen LogP contribution in [0.25, 0.3) is 21.9 Å². The number of rotatable bonds is 3. The van der Waals surface area contributed by atoms with Gasteiger partial charge in [0.2, 0.25) is 5.91 Å². The number of nitrogens with zero attached hydrogens (tertiary/aromatic N) is 4. The first-order chi connectivity index (χ1) is 13.4. The van der Waals surface area contributed by atoms with Crippen molar-refractivity contribution in [3.05, 3.63) is 68.0 Å². The standard InChI is InChI=1S/C19H16BrN5O3/c1-23-16-15(17(27)24(2)19(23)28)25(18(20)22-16)10-14(26)21-13-9-5-7-11-6-3-4-8-12(11)13/h3-9H,10H2,1-2H3,(H,21,26). The molecule has 0 saturated carbocycles. The van der Waals surface area contributed by atoms with Gasteiger partial charge in [0.25, 0.3) is 5.56 Å². The van der Waals surface area contributed by atoms with Gasteiger partial charge >= 0.3 is 5.69 Å². The van der Waals surface area contributed by atoms with Crippen molar-refractivity contribution in [1.29, 1.82) is 0 Å². The molecule has 2 aromatic carbocycles. The molecule has 8 nitrogen and oxygen atoms in total. The maximum absolute atomic E-state index is 12.7. The predicted octanol–water partition coefficient (Wildman–Crippen LogP) is 1.99. The molecule has 0 saturated heterocycles. The Morgan fingerprint density at radius 1 is 1.07 bits per heavy atom. The molecule has 28 heavy (non-hydrogen) atoms. The number of halogens is 1. The van der Waals surface area contributed by atoms with Gasteiger partial charge in [-0.1, -0.05) is 36.4 Å². The van der Waals surface area contributed by atoms with Gasteiger partial charge in [0, 0.05) is 25.2 Å². The number of hydrogen-bond donors (Lipinski definition) is 1. The zero-order valence-corrected chi connectivity index (χ0v) is 16.7. The molecule has 4 rings (SSSR count). The van der Waals surface area contributed by atoms with Crippen molar-refractivity contribution in [3.63, 3.8) is 0 Å². The lowest BCUT2D eigenvalue weighted by molar-refractivity contribution is -0.116. The molecule has 0 fully saturated rings. The van der Waals surface area contributed by atoms with Crippen LogP contribution in [-0.2, 0) is 25.4 Å². The van der Waals surface area contributed by atoms with Crippen molar-refractivity contribution >= 4 is 49.5 Å². The van der Waals surface area contributed by atoms with Gasteiger partial charge in [-0.05, 0) is 27.4 Å². The average molecular weight is 442 g/mol. The Hall–Kier alpha value is -3.20. The number of nitrogens with one attached hydrogen (secondary N) is 1. The first-order valence-corrected chi connectivity index (χ1v) is 9.27. The number of aromatic nitrogens is 4. The molecule has 1 amide bonds. The molecule has 0 atom stereocenters. The van der Waals surface area contributed by atoms with E-state index in [1.165, 1.54) is 23.2 Å². The van der Waals surface area contributed by atoms with E-state index in [9.17, 15) is 14.4 Å². The molecule has 142 valence electrons. The van der Waals surface area contributed by atoms with Gasteiger partial charge in [-0.3, -0.25) is 18.7 Å². The molecule has 0 aliphatic heterocycles. The van der Waals surface area contributed by atoms with Crippen LogP contribution in [0.4, 0.5) is 5.69 Å². The van der Waals surface area contributed by atoms with Crippen LogP contribution >= 0.6 is 15.9 Å². The van der Waals surface area contributed by atoms with E-state index in [-0.39, 0.29) is 23.6 Å². The minimum atomic E-state index is -0.505. The fourth-order valence-electron chi connectivity index (χ4n) is 3.23. The smallest absolute Gasteiger partial charge is 0.324 e. The van der Waals surface area contributed by atoms with E-state index >= 15 is 0 Å². The Morgan fingerprint density at radius 2 is 1.79 bits per heavy atom. The monoisotopic (exact) mass is 441 g/mol. The third-order valence-electron chi connectivity index (χ3n) is 4.67. The number of imidazole rings is 1. The lowest BCUT2D eigenvalue weighted by Gasteiger charge is -2.10. The van der Waals surface area contributed by atoms with Gasteiger partial charge in [0.1, 0.15) is 6.54 Å². The minimum absolute atomic E-state index is 0.131. The van der Waals surface area contributed by atoms with Crippen molar-refractivity contribution in [2.75, 3.05) is 5.32 Å². The number of carbonyl (C=O) groups excluding carboxylic acids is 1. The number of aryl methyl sites for hydroxylation is 1. The Morgan fingerprint density at radius 3 is 2.57 bits per heavy atom. The summed E-state index contributed by atoms with van der Waals surface area (Å²) in [5.74, 6) is -0.313. The molecule has 4 aromatic rings. The van der Waals surface area contributed by atoms with Crippen LogP contribution in [0.3, 0.4) is 0 Å². The number of hydrogen-bond acceptors (Lipinski definition) is 4. The van der Waals surface area contributed by atoms with E-state index in [0.717, 1.165) is 15.3 Å². The highest BCUT2D eigenvalue weighted by Crippen LogP contribution is 2.23. The third kappa shape index (κ3) is 2.84. The van der Waals surface area contributed by atoms with Gasteiger partial charge in [-0.15, -0.1) is 0 Å². The molecule has 0 unspecified atom stereocenters. The second-order valence-corrected chi connectivity index (χ2v) is 7.13. The topological polar surface area (TPSA) is 90.9 Å². The third-order valence-corrected chi connectivity index (χ3v) is 5.27. The second kappa shape index (κ2) is 6.75. The predicted molar refractivity (Wildman–Crippen MR) is 110 cm³/mol. The van der Waals surface area contributed by atoms with Crippen LogP contribution in [0.1, 0.15) is 0 Å². The number of fused-ring (bicyclic) bond motifs is 2. The highest BCUT2D eigenvalue weighted by Gasteiger charge is 2.19. The quantitative estimate of drug-likeness (QED) is 0.492. The first kappa shape index (κ1) is 18.2. The van der Waals surface area contributed by atoms with Crippen LogP contribution < -0.4 is 16.6 Å². The summed E-state index contributed by atoms with van der Waals surface area (Å²) in [4.78, 5) is 41.6. The zero-order valence-electron chi connectivity index (χ0n) is 15.1. The molecule has 2 heterocycles. The Kier molecular flexibility index (Phi) is 4.38. The largest absolute Gasteiger partial charge is 0.332 e. The normalized spacial score (nSPS) is 11.2. The van der Waals surface area contributed by atoms with Crippen LogP contribution in [0, 0.1) is 0 Å². The van der Waals surface area contributed by atoms with Crippen molar-refractivity contribution in [1.82, 2.24) is 18.7 Å². The molecule has 0 bridgehead atoms. The fourth-order valence-corrected chi connectivity index (χ4v) is 3.70. The average Bonchev–Trinajstić information content (AvgIpc) is 3.01. The maximum atomic E-state index is 12.7. The van der Waals surface area contributed by atoms with Crippen molar-refractivity contribution in [2.45, 2.75) is 6.54 Å². The van der Waals surface area contributed by atoms with E-state index in [1.54, 1.807) is 0 Å². The molecule has 0 aliphatic carbocycles. The van der Waals surface area contributed by atoms with E-state index < -0.39 is 11.2 Å². The zero-order chi connectivity index (χ0) is 20.0. The van der Waals surface area contributed by atoms with E-state index in [1.807, 2.05) is 42.5 Å². The van der Waals surface area contributed by atoms with Gasteiger partial charge in [-0.25, -0.2) is 9.78 Å². The minimum Gasteiger partial charge on any atom is -0.324 e. The molecule has 2 aromatic heterocycles. The lowest BCUT2D eigenvalue weighted by atomic mass is 10.1. The van der Waals surface area contributed by atoms with Crippen molar-refractivity contribution in [2.24, 2.45) is 14.1 Å². The molecule has 0 spiro atoms. The second-order valence-electron chi connectivity index (χ2n) is 6.42. The van der Waals surface area contributed by atoms with Gasteiger partial charge in [0.05, 0.1) is 0 Å². The Labute approximate surface area is 167 Å². The van der Waals surface area contributed by atoms with Crippen LogP contribution in [0.2, 0.25) is 0 Å². The first-order valence-electron chi connectivity index (χ1n) is 8.48. The SMILES string of the molecule is Cn1c(=O)c2c(nc(Br)n2CC(=O)Nc2cccc3ccccc23)n(C)c1=O. The number of amides is 1. The maximum Gasteiger partial charge on any atom is 0.332 e. The number of carbonyl (C=O) groups is 1. The molecule has 1 N–H and O–H groups in total. The Bertz CT molecular complexity index is 1360. The van der Waals surface area contributed by atoms with Crippen LogP contribution in [0.5, 0.6) is 0 Å². The van der Waals surface area contributed by atoms with Crippen LogP contribution in [0.15, 0.2) is 56.8 Å². The summed E-state index contributed by atoms with van der Waals surface area (Å²) >= 11 is 3.29. The van der Waals surface area contributed by atoms with Crippen molar-refractivity contribution < 1.29 is 4.79 Å². The summed E-state index contributed by atoms with van der Waals surface area (Å²) in [6.45, 7) is -0.131. The van der Waals surface area contributed by atoms with Crippen LogP contribution in [-0.4, -0.2) is 24.6 Å².